The average molecular weight is 345 g/mol. The summed E-state index contributed by atoms with van der Waals surface area (Å²) in [5, 5.41) is 13.4. The molecule has 0 bridgehead atoms. The second-order valence-corrected chi connectivity index (χ2v) is 7.39. The first kappa shape index (κ1) is 18.2. The van der Waals surface area contributed by atoms with E-state index < -0.39 is 0 Å². The molecule has 25 heavy (non-hydrogen) atoms. The van der Waals surface area contributed by atoms with Crippen LogP contribution >= 0.6 is 0 Å². The Labute approximate surface area is 151 Å². The number of benzene rings is 1. The number of piperidine rings is 2. The Kier molecular flexibility index (Phi) is 6.32. The Morgan fingerprint density at radius 3 is 2.76 bits per heavy atom. The topological polar surface area (TPSA) is 55.8 Å². The molecule has 0 aromatic heterocycles. The van der Waals surface area contributed by atoms with Crippen LogP contribution in [0.2, 0.25) is 0 Å². The van der Waals surface area contributed by atoms with Gasteiger partial charge in [0, 0.05) is 43.5 Å². The quantitative estimate of drug-likeness (QED) is 0.861. The third-order valence-electron chi connectivity index (χ3n) is 5.29. The highest BCUT2D eigenvalue weighted by Crippen LogP contribution is 2.20. The smallest absolute Gasteiger partial charge is 0.254 e. The molecule has 1 atom stereocenters. The summed E-state index contributed by atoms with van der Waals surface area (Å²) in [7, 11) is 0. The van der Waals surface area contributed by atoms with Crippen LogP contribution < -0.4 is 5.32 Å². The molecule has 2 saturated heterocycles. The van der Waals surface area contributed by atoms with E-state index in [9.17, 15) is 9.90 Å². The lowest BCUT2D eigenvalue weighted by atomic mass is 10.0. The molecule has 1 unspecified atom stereocenters. The highest BCUT2D eigenvalue weighted by atomic mass is 16.3. The molecular formula is C20H31N3O2. The molecule has 1 amide bonds. The van der Waals surface area contributed by atoms with Gasteiger partial charge in [-0.1, -0.05) is 13.0 Å². The third-order valence-corrected chi connectivity index (χ3v) is 5.29. The van der Waals surface area contributed by atoms with Crippen LogP contribution in [0.25, 0.3) is 0 Å². The zero-order chi connectivity index (χ0) is 17.6. The number of rotatable bonds is 5. The molecule has 0 saturated carbocycles. The summed E-state index contributed by atoms with van der Waals surface area (Å²) in [6.07, 6.45) is 4.80. The number of aliphatic hydroxyl groups is 1. The fourth-order valence-corrected chi connectivity index (χ4v) is 3.92. The largest absolute Gasteiger partial charge is 0.391 e. The van der Waals surface area contributed by atoms with Crippen LogP contribution in [-0.2, 0) is 0 Å². The van der Waals surface area contributed by atoms with E-state index in [0.29, 0.717) is 18.2 Å². The van der Waals surface area contributed by atoms with E-state index in [1.54, 1.807) is 4.90 Å². The summed E-state index contributed by atoms with van der Waals surface area (Å²) in [4.78, 5) is 17.0. The van der Waals surface area contributed by atoms with Crippen molar-refractivity contribution in [2.24, 2.45) is 0 Å². The van der Waals surface area contributed by atoms with Gasteiger partial charge in [-0.2, -0.15) is 0 Å². The minimum Gasteiger partial charge on any atom is -0.391 e. The van der Waals surface area contributed by atoms with Crippen LogP contribution in [0.15, 0.2) is 24.3 Å². The maximum absolute atomic E-state index is 12.7. The molecule has 2 heterocycles. The average Bonchev–Trinajstić information content (AvgIpc) is 2.63. The number of nitrogens with zero attached hydrogens (tertiary/aromatic N) is 2. The molecule has 3 rings (SSSR count). The van der Waals surface area contributed by atoms with Crippen molar-refractivity contribution in [1.29, 1.82) is 0 Å². The van der Waals surface area contributed by atoms with E-state index in [2.05, 4.69) is 17.1 Å². The van der Waals surface area contributed by atoms with Crippen LogP contribution in [0.4, 0.5) is 5.69 Å². The fourth-order valence-electron chi connectivity index (χ4n) is 3.92. The fraction of sp³-hybridized carbons (Fsp3) is 0.650. The van der Waals surface area contributed by atoms with Gasteiger partial charge in [-0.3, -0.25) is 4.79 Å². The molecule has 2 fully saturated rings. The number of β-amino-alcohol motifs (C(OH)–C–C–N with tert-alkyl or cyclic N) is 1. The maximum Gasteiger partial charge on any atom is 0.254 e. The molecule has 138 valence electrons. The SMILES string of the molecule is CCCN1CCC(Nc2cccc(C(=O)N3CCCC(O)C3)c2)CC1. The van der Waals surface area contributed by atoms with Gasteiger partial charge >= 0.3 is 0 Å². The van der Waals surface area contributed by atoms with Crippen molar-refractivity contribution in [2.45, 2.75) is 51.2 Å². The molecule has 2 aliphatic heterocycles. The first-order valence-corrected chi connectivity index (χ1v) is 9.72. The first-order chi connectivity index (χ1) is 12.2. The Morgan fingerprint density at radius 2 is 2.04 bits per heavy atom. The van der Waals surface area contributed by atoms with Gasteiger partial charge in [0.1, 0.15) is 0 Å². The molecule has 2 aliphatic rings. The monoisotopic (exact) mass is 345 g/mol. The second kappa shape index (κ2) is 8.68. The Morgan fingerprint density at radius 1 is 1.24 bits per heavy atom. The minimum atomic E-state index is -0.382. The van der Waals surface area contributed by atoms with Crippen LogP contribution in [-0.4, -0.2) is 65.7 Å². The van der Waals surface area contributed by atoms with Gasteiger partial charge < -0.3 is 20.2 Å². The number of anilines is 1. The number of carbonyl (C=O) groups is 1. The van der Waals surface area contributed by atoms with E-state index >= 15 is 0 Å². The second-order valence-electron chi connectivity index (χ2n) is 7.39. The number of aliphatic hydroxyl groups excluding tert-OH is 1. The van der Waals surface area contributed by atoms with Gasteiger partial charge in [0.25, 0.3) is 5.91 Å². The zero-order valence-corrected chi connectivity index (χ0v) is 15.3. The van der Waals surface area contributed by atoms with E-state index in [4.69, 9.17) is 0 Å². The Hall–Kier alpha value is -1.59. The van der Waals surface area contributed by atoms with Gasteiger partial charge in [0.15, 0.2) is 0 Å². The number of hydrogen-bond donors (Lipinski definition) is 2. The Bertz CT molecular complexity index is 570. The summed E-state index contributed by atoms with van der Waals surface area (Å²) in [6.45, 7) is 6.91. The Balaban J connectivity index is 1.57. The predicted molar refractivity (Wildman–Crippen MR) is 101 cm³/mol. The molecule has 1 aromatic rings. The maximum atomic E-state index is 12.7. The molecular weight excluding hydrogens is 314 g/mol. The third kappa shape index (κ3) is 4.95. The van der Waals surface area contributed by atoms with Crippen molar-refractivity contribution in [3.63, 3.8) is 0 Å². The van der Waals surface area contributed by atoms with E-state index in [-0.39, 0.29) is 12.0 Å². The summed E-state index contributed by atoms with van der Waals surface area (Å²) in [5.74, 6) is 0.0279. The molecule has 0 spiro atoms. The predicted octanol–water partition coefficient (Wildman–Crippen LogP) is 2.57. The molecule has 1 aromatic carbocycles. The van der Waals surface area contributed by atoms with Gasteiger partial charge in [-0.25, -0.2) is 0 Å². The minimum absolute atomic E-state index is 0.0279. The van der Waals surface area contributed by atoms with Crippen molar-refractivity contribution in [2.75, 3.05) is 38.0 Å². The summed E-state index contributed by atoms with van der Waals surface area (Å²) < 4.78 is 0. The van der Waals surface area contributed by atoms with Crippen molar-refractivity contribution in [3.8, 4) is 0 Å². The number of carbonyl (C=O) groups excluding carboxylic acids is 1. The zero-order valence-electron chi connectivity index (χ0n) is 15.3. The first-order valence-electron chi connectivity index (χ1n) is 9.72. The lowest BCUT2D eigenvalue weighted by molar-refractivity contribution is 0.0474. The highest BCUT2D eigenvalue weighted by Gasteiger charge is 2.23. The van der Waals surface area contributed by atoms with Crippen molar-refractivity contribution in [1.82, 2.24) is 9.80 Å². The number of amides is 1. The van der Waals surface area contributed by atoms with E-state index in [1.165, 1.54) is 13.0 Å². The van der Waals surface area contributed by atoms with Gasteiger partial charge in [-0.15, -0.1) is 0 Å². The van der Waals surface area contributed by atoms with Crippen LogP contribution in [0.5, 0.6) is 0 Å². The number of nitrogens with one attached hydrogen (secondary N) is 1. The summed E-state index contributed by atoms with van der Waals surface area (Å²) >= 11 is 0. The standard InChI is InChI=1S/C20H31N3O2/c1-2-10-22-12-8-17(9-13-22)21-18-6-3-5-16(14-18)20(25)23-11-4-7-19(24)15-23/h3,5-6,14,17,19,21,24H,2,4,7-13,15H2,1H3. The summed E-state index contributed by atoms with van der Waals surface area (Å²) in [6, 6.07) is 8.30. The molecule has 0 radical (unpaired) electrons. The summed E-state index contributed by atoms with van der Waals surface area (Å²) in [5.41, 5.74) is 1.74. The molecule has 5 heteroatoms. The molecule has 5 nitrogen and oxygen atoms in total. The van der Waals surface area contributed by atoms with Crippen molar-refractivity contribution in [3.05, 3.63) is 29.8 Å². The lowest BCUT2D eigenvalue weighted by Crippen LogP contribution is -2.42. The van der Waals surface area contributed by atoms with Crippen LogP contribution in [0.3, 0.4) is 0 Å². The molecule has 0 aliphatic carbocycles. The lowest BCUT2D eigenvalue weighted by Gasteiger charge is -2.33. The van der Waals surface area contributed by atoms with Crippen molar-refractivity contribution >= 4 is 11.6 Å². The molecule has 2 N–H and O–H groups in total. The number of hydrogen-bond acceptors (Lipinski definition) is 4. The van der Waals surface area contributed by atoms with Gasteiger partial charge in [0.2, 0.25) is 0 Å². The van der Waals surface area contributed by atoms with E-state index in [1.807, 2.05) is 24.3 Å². The van der Waals surface area contributed by atoms with Gasteiger partial charge in [0.05, 0.1) is 6.10 Å². The van der Waals surface area contributed by atoms with E-state index in [0.717, 1.165) is 51.0 Å². The normalized spacial score (nSPS) is 22.8. The van der Waals surface area contributed by atoms with Crippen LogP contribution in [0.1, 0.15) is 49.4 Å². The number of likely N-dealkylation sites (tertiary alicyclic amines) is 2. The van der Waals surface area contributed by atoms with Crippen LogP contribution in [0, 0.1) is 0 Å². The van der Waals surface area contributed by atoms with Gasteiger partial charge in [-0.05, 0) is 56.8 Å². The van der Waals surface area contributed by atoms with Crippen molar-refractivity contribution < 1.29 is 9.90 Å². The highest BCUT2D eigenvalue weighted by molar-refractivity contribution is 5.95.